The molecule has 0 atom stereocenters. The molecule has 0 spiro atoms. The van der Waals surface area contributed by atoms with Gasteiger partial charge in [-0.05, 0) is 38.8 Å². The monoisotopic (exact) mass is 392 g/mol. The number of hydrogen-bond acceptors (Lipinski definition) is 3. The number of nitrogens with zero attached hydrogens (tertiary/aromatic N) is 2. The lowest BCUT2D eigenvalue weighted by Gasteiger charge is -2.21. The maximum Gasteiger partial charge on any atom is 0.231 e. The van der Waals surface area contributed by atoms with Gasteiger partial charge in [0.2, 0.25) is 5.91 Å². The van der Waals surface area contributed by atoms with Crippen LogP contribution in [0.15, 0.2) is 29.6 Å². The normalized spacial score (nSPS) is 14.0. The second-order valence-corrected chi connectivity index (χ2v) is 8.12. The fourth-order valence-corrected chi connectivity index (χ4v) is 4.07. The van der Waals surface area contributed by atoms with Crippen molar-refractivity contribution in [3.8, 4) is 11.3 Å². The summed E-state index contributed by atoms with van der Waals surface area (Å²) in [6.45, 7) is 8.54. The summed E-state index contributed by atoms with van der Waals surface area (Å²) in [6.07, 6.45) is 3.05. The molecule has 2 aromatic rings. The van der Waals surface area contributed by atoms with Crippen LogP contribution in [-0.4, -0.2) is 37.1 Å². The molecule has 4 nitrogen and oxygen atoms in total. The molecule has 1 heterocycles. The van der Waals surface area contributed by atoms with E-state index in [-0.39, 0.29) is 11.8 Å². The lowest BCUT2D eigenvalue weighted by molar-refractivity contribution is -0.896. The minimum Gasteiger partial charge on any atom is -0.335 e. The van der Waals surface area contributed by atoms with Gasteiger partial charge < -0.3 is 4.90 Å². The average molecular weight is 393 g/mol. The van der Waals surface area contributed by atoms with Gasteiger partial charge in [0.1, 0.15) is 0 Å². The van der Waals surface area contributed by atoms with Gasteiger partial charge in [0.15, 0.2) is 5.13 Å². The van der Waals surface area contributed by atoms with Gasteiger partial charge in [0.05, 0.1) is 25.3 Å². The molecule has 1 aliphatic rings. The number of carbonyl (C=O) groups is 1. The zero-order valence-electron chi connectivity index (χ0n) is 15.5. The lowest BCUT2D eigenvalue weighted by atomic mass is 10.2. The molecule has 0 aliphatic heterocycles. The summed E-state index contributed by atoms with van der Waals surface area (Å²) >= 11 is 7.53. The summed E-state index contributed by atoms with van der Waals surface area (Å²) in [5, 5.41) is 3.57. The Hall–Kier alpha value is -1.43. The second-order valence-electron chi connectivity index (χ2n) is 6.85. The van der Waals surface area contributed by atoms with Crippen molar-refractivity contribution in [1.82, 2.24) is 4.98 Å². The van der Waals surface area contributed by atoms with E-state index in [1.165, 1.54) is 0 Å². The molecule has 140 valence electrons. The zero-order valence-corrected chi connectivity index (χ0v) is 17.1. The molecule has 1 aromatic heterocycles. The number of benzene rings is 1. The van der Waals surface area contributed by atoms with Crippen molar-refractivity contribution >= 4 is 34.0 Å². The number of nitrogens with one attached hydrogen (secondary N) is 1. The van der Waals surface area contributed by atoms with Crippen molar-refractivity contribution in [3.05, 3.63) is 34.7 Å². The third-order valence-electron chi connectivity index (χ3n) is 4.97. The average Bonchev–Trinajstić information content (AvgIpc) is 3.40. The van der Waals surface area contributed by atoms with Crippen LogP contribution in [0, 0.1) is 5.92 Å². The number of amides is 1. The molecule has 1 aromatic carbocycles. The third kappa shape index (κ3) is 4.84. The van der Waals surface area contributed by atoms with Crippen molar-refractivity contribution in [2.75, 3.05) is 31.1 Å². The van der Waals surface area contributed by atoms with Crippen LogP contribution in [0.25, 0.3) is 11.3 Å². The van der Waals surface area contributed by atoms with Crippen LogP contribution in [0.4, 0.5) is 5.13 Å². The van der Waals surface area contributed by atoms with Gasteiger partial charge >= 0.3 is 0 Å². The molecule has 26 heavy (non-hydrogen) atoms. The molecule has 0 unspecified atom stereocenters. The zero-order chi connectivity index (χ0) is 18.5. The van der Waals surface area contributed by atoms with Crippen LogP contribution >= 0.6 is 22.9 Å². The first-order valence-corrected chi connectivity index (χ1v) is 10.7. The van der Waals surface area contributed by atoms with Crippen molar-refractivity contribution in [1.29, 1.82) is 0 Å². The fraction of sp³-hybridized carbons (Fsp3) is 0.500. The maximum atomic E-state index is 12.8. The van der Waals surface area contributed by atoms with Crippen LogP contribution in [0.3, 0.4) is 0 Å². The summed E-state index contributed by atoms with van der Waals surface area (Å²) in [7, 11) is 0. The van der Waals surface area contributed by atoms with E-state index < -0.39 is 0 Å². The van der Waals surface area contributed by atoms with E-state index in [0.717, 1.165) is 61.8 Å². The van der Waals surface area contributed by atoms with E-state index in [0.29, 0.717) is 5.02 Å². The molecule has 1 amide bonds. The molecule has 1 aliphatic carbocycles. The Bertz CT molecular complexity index is 723. The van der Waals surface area contributed by atoms with Crippen molar-refractivity contribution in [2.24, 2.45) is 5.92 Å². The topological polar surface area (TPSA) is 37.6 Å². The Morgan fingerprint density at radius 2 is 1.96 bits per heavy atom. The fourth-order valence-electron chi connectivity index (χ4n) is 3.08. The Labute approximate surface area is 164 Å². The minimum atomic E-state index is 0.207. The van der Waals surface area contributed by atoms with Gasteiger partial charge in [0, 0.05) is 34.8 Å². The van der Waals surface area contributed by atoms with Gasteiger partial charge in [-0.1, -0.05) is 23.7 Å². The van der Waals surface area contributed by atoms with E-state index in [1.807, 2.05) is 34.5 Å². The summed E-state index contributed by atoms with van der Waals surface area (Å²) in [5.74, 6) is 0.454. The van der Waals surface area contributed by atoms with Crippen molar-refractivity contribution in [3.63, 3.8) is 0 Å². The Morgan fingerprint density at radius 3 is 2.58 bits per heavy atom. The number of anilines is 1. The predicted octanol–water partition coefficient (Wildman–Crippen LogP) is 3.52. The van der Waals surface area contributed by atoms with E-state index in [9.17, 15) is 4.79 Å². The number of halogens is 1. The molecular formula is C20H27ClN3OS+. The second kappa shape index (κ2) is 8.98. The lowest BCUT2D eigenvalue weighted by Crippen LogP contribution is -3.11. The first-order chi connectivity index (χ1) is 12.6. The Morgan fingerprint density at radius 1 is 1.27 bits per heavy atom. The highest BCUT2D eigenvalue weighted by atomic mass is 35.5. The van der Waals surface area contributed by atoms with Gasteiger partial charge in [0.25, 0.3) is 0 Å². The molecule has 0 bridgehead atoms. The molecule has 0 radical (unpaired) electrons. The van der Waals surface area contributed by atoms with Gasteiger partial charge in [-0.3, -0.25) is 9.69 Å². The van der Waals surface area contributed by atoms with Crippen molar-refractivity contribution < 1.29 is 9.69 Å². The first kappa shape index (κ1) is 19.3. The Balaban J connectivity index is 1.72. The van der Waals surface area contributed by atoms with Gasteiger partial charge in [-0.15, -0.1) is 11.3 Å². The highest BCUT2D eigenvalue weighted by Crippen LogP contribution is 2.35. The smallest absolute Gasteiger partial charge is 0.231 e. The number of carbonyl (C=O) groups excluding carboxylic acids is 1. The molecule has 3 rings (SSSR count). The maximum absolute atomic E-state index is 12.8. The summed E-state index contributed by atoms with van der Waals surface area (Å²) in [6, 6.07) is 7.68. The largest absolute Gasteiger partial charge is 0.335 e. The molecule has 1 fully saturated rings. The van der Waals surface area contributed by atoms with Gasteiger partial charge in [-0.25, -0.2) is 4.98 Å². The van der Waals surface area contributed by atoms with Crippen LogP contribution < -0.4 is 9.80 Å². The van der Waals surface area contributed by atoms with E-state index in [4.69, 9.17) is 16.6 Å². The number of rotatable bonds is 9. The highest BCUT2D eigenvalue weighted by Gasteiger charge is 2.35. The molecule has 0 saturated heterocycles. The highest BCUT2D eigenvalue weighted by molar-refractivity contribution is 7.14. The number of aromatic nitrogens is 1. The first-order valence-electron chi connectivity index (χ1n) is 9.48. The number of thiazole rings is 1. The standard InChI is InChI=1S/C20H26ClN3OS/c1-3-23(4-2)12-5-13-24(19(25)16-6-7-16)20-22-18(14-26-20)15-8-10-17(21)11-9-15/h8-11,14,16H,3-7,12-13H2,1-2H3/p+1. The summed E-state index contributed by atoms with van der Waals surface area (Å²) in [4.78, 5) is 21.0. The Kier molecular flexibility index (Phi) is 6.68. The predicted molar refractivity (Wildman–Crippen MR) is 109 cm³/mol. The minimum absolute atomic E-state index is 0.207. The quantitative estimate of drug-likeness (QED) is 0.708. The summed E-state index contributed by atoms with van der Waals surface area (Å²) < 4.78 is 0. The summed E-state index contributed by atoms with van der Waals surface area (Å²) in [5.41, 5.74) is 1.94. The number of hydrogen-bond donors (Lipinski definition) is 1. The molecule has 1 saturated carbocycles. The van der Waals surface area contributed by atoms with E-state index in [2.05, 4.69) is 13.8 Å². The van der Waals surface area contributed by atoms with E-state index >= 15 is 0 Å². The van der Waals surface area contributed by atoms with Crippen LogP contribution in [0.5, 0.6) is 0 Å². The van der Waals surface area contributed by atoms with Gasteiger partial charge in [-0.2, -0.15) is 0 Å². The van der Waals surface area contributed by atoms with Crippen LogP contribution in [0.2, 0.25) is 5.02 Å². The molecule has 1 N–H and O–H groups in total. The molecular weight excluding hydrogens is 366 g/mol. The van der Waals surface area contributed by atoms with Crippen LogP contribution in [0.1, 0.15) is 33.1 Å². The molecule has 6 heteroatoms. The van der Waals surface area contributed by atoms with E-state index in [1.54, 1.807) is 16.2 Å². The number of quaternary nitrogens is 1. The van der Waals surface area contributed by atoms with Crippen LogP contribution in [-0.2, 0) is 4.79 Å². The third-order valence-corrected chi connectivity index (χ3v) is 6.08. The SMILES string of the molecule is CC[NH+](CC)CCCN(C(=O)C1CC1)c1nc(-c2ccc(Cl)cc2)cs1. The van der Waals surface area contributed by atoms with Crippen molar-refractivity contribution in [2.45, 2.75) is 33.1 Å².